The molecular weight excluding hydrogens is 835 g/mol. The molecule has 0 aliphatic heterocycles. The van der Waals surface area contributed by atoms with E-state index >= 15 is 0 Å². The minimum atomic E-state index is 0.612. The first kappa shape index (κ1) is 38.6. The molecule has 14 rings (SSSR count). The van der Waals surface area contributed by atoms with Gasteiger partial charge >= 0.3 is 0 Å². The second-order valence-electron chi connectivity index (χ2n) is 18.3. The van der Waals surface area contributed by atoms with Gasteiger partial charge < -0.3 is 13.4 Å². The van der Waals surface area contributed by atoms with Crippen molar-refractivity contribution in [3.63, 3.8) is 0 Å². The molecule has 5 aromatic heterocycles. The van der Waals surface area contributed by atoms with Crippen LogP contribution >= 0.6 is 0 Å². The molecule has 0 N–H and O–H groups in total. The van der Waals surface area contributed by atoms with E-state index in [1.165, 1.54) is 16.3 Å². The molecule has 324 valence electrons. The summed E-state index contributed by atoms with van der Waals surface area (Å²) in [4.78, 5) is 1.73. The van der Waals surface area contributed by atoms with Gasteiger partial charge in [0.15, 0.2) is 17.0 Å². The molecule has 0 aliphatic carbocycles. The average Bonchev–Trinajstić information content (AvgIpc) is 4.23. The Labute approximate surface area is 390 Å². The molecule has 7 heteroatoms. The topological polar surface area (TPSA) is 66.8 Å². The molecule has 0 aliphatic rings. The maximum atomic E-state index is 6.75. The van der Waals surface area contributed by atoms with E-state index in [0.29, 0.717) is 5.92 Å². The third kappa shape index (κ3) is 5.85. The number of hydrogen-bond donors (Lipinski definition) is 0. The Morgan fingerprint density at radius 3 is 1.78 bits per heavy atom. The van der Waals surface area contributed by atoms with E-state index in [2.05, 4.69) is 199 Å². The van der Waals surface area contributed by atoms with E-state index < -0.39 is 0 Å². The van der Waals surface area contributed by atoms with Gasteiger partial charge in [0.1, 0.15) is 16.9 Å². The van der Waals surface area contributed by atoms with Gasteiger partial charge in [-0.2, -0.15) is 5.10 Å². The quantitative estimate of drug-likeness (QED) is 0.152. The van der Waals surface area contributed by atoms with Gasteiger partial charge in [0.25, 0.3) is 0 Å². The zero-order chi connectivity index (χ0) is 45.0. The summed E-state index contributed by atoms with van der Waals surface area (Å²) in [6, 6.07) is 67.1. The number of fused-ring (bicyclic) bond motifs is 12. The average molecular weight is 878 g/mol. The zero-order valence-corrected chi connectivity index (χ0v) is 37.5. The summed E-state index contributed by atoms with van der Waals surface area (Å²) in [5.74, 6) is 1.33. The van der Waals surface area contributed by atoms with Gasteiger partial charge in [-0.1, -0.05) is 142 Å². The van der Waals surface area contributed by atoms with E-state index in [-0.39, 0.29) is 0 Å². The smallest absolute Gasteiger partial charge is 0.180 e. The minimum Gasteiger partial charge on any atom is -0.454 e. The summed E-state index contributed by atoms with van der Waals surface area (Å²) in [7, 11) is 0. The fraction of sp³-hybridized carbons (Fsp3) is 0.0820. The van der Waals surface area contributed by atoms with Crippen molar-refractivity contribution in [3.8, 4) is 39.4 Å². The molecular formula is C61H43N5O2. The first-order valence-electron chi connectivity index (χ1n) is 23.5. The van der Waals surface area contributed by atoms with Crippen LogP contribution < -0.4 is 0 Å². The van der Waals surface area contributed by atoms with Crippen LogP contribution in [0.5, 0.6) is 0 Å². The summed E-state index contributed by atoms with van der Waals surface area (Å²) in [6.45, 7) is 4.57. The number of aromatic nitrogens is 5. The molecule has 7 nitrogen and oxygen atoms in total. The number of benzene rings is 9. The van der Waals surface area contributed by atoms with Gasteiger partial charge in [-0.05, 0) is 107 Å². The maximum absolute atomic E-state index is 6.75. The molecule has 14 aromatic rings. The van der Waals surface area contributed by atoms with Crippen molar-refractivity contribution in [2.45, 2.75) is 26.7 Å². The Morgan fingerprint density at radius 1 is 0.441 bits per heavy atom. The van der Waals surface area contributed by atoms with Crippen LogP contribution in [0.15, 0.2) is 203 Å². The highest BCUT2D eigenvalue weighted by Crippen LogP contribution is 2.42. The number of para-hydroxylation sites is 5. The molecule has 1 atom stereocenters. The van der Waals surface area contributed by atoms with E-state index in [0.717, 1.165) is 129 Å². The van der Waals surface area contributed by atoms with Crippen LogP contribution in [-0.4, -0.2) is 24.1 Å². The number of nitrogens with zero attached hydrogens (tertiary/aromatic N) is 5. The van der Waals surface area contributed by atoms with E-state index in [1.54, 1.807) is 4.80 Å². The van der Waals surface area contributed by atoms with Crippen LogP contribution in [0.2, 0.25) is 0 Å². The largest absolute Gasteiger partial charge is 0.454 e. The van der Waals surface area contributed by atoms with Gasteiger partial charge in [0.2, 0.25) is 0 Å². The third-order valence-electron chi connectivity index (χ3n) is 14.2. The molecule has 0 saturated carbocycles. The predicted molar refractivity (Wildman–Crippen MR) is 279 cm³/mol. The standard InChI is InChI=1S/C61H43N5O2/c1-3-37(2)30-38-14-12-15-39(31-38)42-34-50-46-19-7-11-25-57(46)67-61(50)56(35-42)66-62-36-59(63-66)65-53-23-10-6-18-45(53)48-32-40(26-28-54(48)65)41-27-29-58-49(33-41)47-20-13-24-55(60(47)68-58)64-51-21-8-4-16-43(51)44-17-5-9-22-52(44)64/h4-29,31-37H,3,30H2,1-2H3. The van der Waals surface area contributed by atoms with Crippen LogP contribution in [0, 0.1) is 5.92 Å². The summed E-state index contributed by atoms with van der Waals surface area (Å²) in [6.07, 6.45) is 4.05. The highest BCUT2D eigenvalue weighted by Gasteiger charge is 2.22. The molecule has 0 fully saturated rings. The molecule has 9 aromatic carbocycles. The fourth-order valence-electron chi connectivity index (χ4n) is 10.7. The van der Waals surface area contributed by atoms with Crippen molar-refractivity contribution in [1.82, 2.24) is 24.1 Å². The third-order valence-corrected chi connectivity index (χ3v) is 14.2. The van der Waals surface area contributed by atoms with E-state index in [4.69, 9.17) is 19.0 Å². The lowest BCUT2D eigenvalue weighted by Gasteiger charge is -2.11. The molecule has 1 unspecified atom stereocenters. The predicted octanol–water partition coefficient (Wildman–Crippen LogP) is 16.2. The van der Waals surface area contributed by atoms with Crippen LogP contribution in [0.1, 0.15) is 25.8 Å². The van der Waals surface area contributed by atoms with E-state index in [9.17, 15) is 0 Å². The normalized spacial score (nSPS) is 12.6. The van der Waals surface area contributed by atoms with Gasteiger partial charge in [0.05, 0.1) is 34.0 Å². The molecule has 0 saturated heterocycles. The van der Waals surface area contributed by atoms with Crippen LogP contribution in [0.4, 0.5) is 0 Å². The summed E-state index contributed by atoms with van der Waals surface area (Å²) in [5, 5.41) is 19.2. The van der Waals surface area contributed by atoms with Gasteiger partial charge in [-0.3, -0.25) is 4.57 Å². The molecule has 0 spiro atoms. The van der Waals surface area contributed by atoms with Crippen molar-refractivity contribution in [3.05, 3.63) is 200 Å². The number of rotatable bonds is 8. The van der Waals surface area contributed by atoms with Gasteiger partial charge in [-0.25, -0.2) is 0 Å². The Balaban J connectivity index is 0.879. The lowest BCUT2D eigenvalue weighted by Crippen LogP contribution is -2.02. The monoisotopic (exact) mass is 877 g/mol. The van der Waals surface area contributed by atoms with Crippen molar-refractivity contribution in [2.75, 3.05) is 0 Å². The zero-order valence-electron chi connectivity index (χ0n) is 37.5. The first-order valence-corrected chi connectivity index (χ1v) is 23.5. The highest BCUT2D eigenvalue weighted by molar-refractivity contribution is 6.14. The van der Waals surface area contributed by atoms with Crippen LogP contribution in [0.25, 0.3) is 127 Å². The fourth-order valence-corrected chi connectivity index (χ4v) is 10.7. The first-order chi connectivity index (χ1) is 33.6. The molecule has 0 radical (unpaired) electrons. The number of furan rings is 2. The van der Waals surface area contributed by atoms with Crippen molar-refractivity contribution < 1.29 is 8.83 Å². The molecule has 0 bridgehead atoms. The van der Waals surface area contributed by atoms with Gasteiger partial charge in [-0.15, -0.1) is 9.90 Å². The van der Waals surface area contributed by atoms with Gasteiger partial charge in [0, 0.05) is 43.1 Å². The minimum absolute atomic E-state index is 0.612. The Morgan fingerprint density at radius 2 is 1.01 bits per heavy atom. The summed E-state index contributed by atoms with van der Waals surface area (Å²) >= 11 is 0. The lowest BCUT2D eigenvalue weighted by atomic mass is 9.95. The number of hydrogen-bond acceptors (Lipinski definition) is 4. The molecule has 68 heavy (non-hydrogen) atoms. The summed E-state index contributed by atoms with van der Waals surface area (Å²) < 4.78 is 17.9. The lowest BCUT2D eigenvalue weighted by molar-refractivity contribution is 0.560. The second-order valence-corrected chi connectivity index (χ2v) is 18.3. The molecule has 0 amide bonds. The Hall–Kier alpha value is -8.68. The highest BCUT2D eigenvalue weighted by atomic mass is 16.3. The van der Waals surface area contributed by atoms with Crippen molar-refractivity contribution in [2.24, 2.45) is 5.92 Å². The van der Waals surface area contributed by atoms with Crippen molar-refractivity contribution >= 4 is 87.5 Å². The van der Waals surface area contributed by atoms with Crippen LogP contribution in [-0.2, 0) is 6.42 Å². The molecule has 5 heterocycles. The second kappa shape index (κ2) is 14.9. The Kier molecular flexibility index (Phi) is 8.47. The Bertz CT molecular complexity index is 4270. The SMILES string of the molecule is CCC(C)Cc1cccc(-c2cc(-n3ncc(-n4c5ccccc5c5cc(-c6ccc7oc8c(-n9c%10ccccc%10c%10ccccc%109)cccc8c7c6)ccc54)n3)c3oc4ccccc4c3c2)c1. The summed E-state index contributed by atoms with van der Waals surface area (Å²) in [5.41, 5.74) is 15.4. The maximum Gasteiger partial charge on any atom is 0.180 e. The van der Waals surface area contributed by atoms with E-state index in [1.807, 2.05) is 18.3 Å². The van der Waals surface area contributed by atoms with Crippen molar-refractivity contribution in [1.29, 1.82) is 0 Å². The van der Waals surface area contributed by atoms with Crippen LogP contribution in [0.3, 0.4) is 0 Å².